The van der Waals surface area contributed by atoms with Gasteiger partial charge in [0.1, 0.15) is 5.71 Å². The number of halogens is 4. The molecule has 0 aromatic heterocycles. The summed E-state index contributed by atoms with van der Waals surface area (Å²) in [7, 11) is 1.21. The van der Waals surface area contributed by atoms with Crippen molar-refractivity contribution < 1.29 is 22.3 Å². The predicted molar refractivity (Wildman–Crippen MR) is 54.1 cm³/mol. The fourth-order valence-corrected chi connectivity index (χ4v) is 1.79. The summed E-state index contributed by atoms with van der Waals surface area (Å²) in [6.45, 7) is 0.0214. The highest BCUT2D eigenvalue weighted by Crippen LogP contribution is 2.31. The smallest absolute Gasteiger partial charge is 0.433 e. The van der Waals surface area contributed by atoms with Gasteiger partial charge in [-0.05, 0) is 24.1 Å². The second-order valence-corrected chi connectivity index (χ2v) is 3.62. The first-order valence-electron chi connectivity index (χ1n) is 4.92. The highest BCUT2D eigenvalue weighted by atomic mass is 19.4. The molecule has 0 radical (unpaired) electrons. The van der Waals surface area contributed by atoms with Gasteiger partial charge in [-0.3, -0.25) is 4.99 Å². The van der Waals surface area contributed by atoms with Gasteiger partial charge in [-0.1, -0.05) is 0 Å². The Morgan fingerprint density at radius 1 is 1.29 bits per heavy atom. The summed E-state index contributed by atoms with van der Waals surface area (Å²) >= 11 is 0. The zero-order valence-corrected chi connectivity index (χ0v) is 8.94. The third kappa shape index (κ3) is 2.11. The van der Waals surface area contributed by atoms with Gasteiger partial charge in [-0.15, -0.1) is 0 Å². The van der Waals surface area contributed by atoms with Crippen LogP contribution < -0.4 is 4.74 Å². The fraction of sp³-hybridized carbons (Fsp3) is 0.364. The molecule has 0 saturated heterocycles. The molecule has 0 N–H and O–H groups in total. The number of rotatable bonds is 1. The van der Waals surface area contributed by atoms with Gasteiger partial charge in [-0.2, -0.15) is 13.2 Å². The Morgan fingerprint density at radius 2 is 2.00 bits per heavy atom. The summed E-state index contributed by atoms with van der Waals surface area (Å²) in [6.07, 6.45) is -4.23. The maximum Gasteiger partial charge on any atom is 0.433 e. The van der Waals surface area contributed by atoms with E-state index in [1.54, 1.807) is 0 Å². The first kappa shape index (κ1) is 11.9. The molecule has 6 heteroatoms. The first-order valence-corrected chi connectivity index (χ1v) is 4.92. The van der Waals surface area contributed by atoms with Gasteiger partial charge in [0.25, 0.3) is 0 Å². The molecule has 1 heterocycles. The maximum atomic E-state index is 13.4. The summed E-state index contributed by atoms with van der Waals surface area (Å²) in [6, 6.07) is 2.13. The quantitative estimate of drug-likeness (QED) is 0.699. The van der Waals surface area contributed by atoms with Crippen LogP contribution in [0.2, 0.25) is 0 Å². The van der Waals surface area contributed by atoms with Crippen molar-refractivity contribution in [3.63, 3.8) is 0 Å². The second kappa shape index (κ2) is 4.01. The van der Waals surface area contributed by atoms with Crippen molar-refractivity contribution in [2.45, 2.75) is 12.6 Å². The first-order chi connectivity index (χ1) is 7.93. The van der Waals surface area contributed by atoms with Crippen LogP contribution in [0.1, 0.15) is 11.1 Å². The molecule has 0 amide bonds. The molecule has 1 aromatic rings. The maximum absolute atomic E-state index is 13.4. The van der Waals surface area contributed by atoms with Crippen molar-refractivity contribution in [2.75, 3.05) is 13.7 Å². The molecule has 0 atom stereocenters. The van der Waals surface area contributed by atoms with Gasteiger partial charge in [0.15, 0.2) is 11.6 Å². The van der Waals surface area contributed by atoms with Gasteiger partial charge < -0.3 is 4.74 Å². The third-order valence-electron chi connectivity index (χ3n) is 2.55. The van der Waals surface area contributed by atoms with Crippen LogP contribution in [0.15, 0.2) is 17.1 Å². The number of ether oxygens (including phenoxy) is 1. The third-order valence-corrected chi connectivity index (χ3v) is 2.55. The van der Waals surface area contributed by atoms with E-state index in [0.29, 0.717) is 12.0 Å². The van der Waals surface area contributed by atoms with E-state index in [9.17, 15) is 17.6 Å². The lowest BCUT2D eigenvalue weighted by Crippen LogP contribution is -2.28. The van der Waals surface area contributed by atoms with E-state index in [2.05, 4.69) is 9.73 Å². The SMILES string of the molecule is COc1cc2c(cc1F)CCN=C2C(F)(F)F. The van der Waals surface area contributed by atoms with Crippen molar-refractivity contribution in [2.24, 2.45) is 4.99 Å². The molecule has 1 aliphatic heterocycles. The molecule has 17 heavy (non-hydrogen) atoms. The van der Waals surface area contributed by atoms with Crippen LogP contribution in [0.4, 0.5) is 17.6 Å². The summed E-state index contributed by atoms with van der Waals surface area (Å²) in [4.78, 5) is 3.46. The second-order valence-electron chi connectivity index (χ2n) is 3.62. The van der Waals surface area contributed by atoms with Gasteiger partial charge in [0.05, 0.1) is 7.11 Å². The van der Waals surface area contributed by atoms with Crippen LogP contribution in [0, 0.1) is 5.82 Å². The zero-order chi connectivity index (χ0) is 12.6. The van der Waals surface area contributed by atoms with Gasteiger partial charge in [0, 0.05) is 12.1 Å². The van der Waals surface area contributed by atoms with Crippen LogP contribution in [0.25, 0.3) is 0 Å². The van der Waals surface area contributed by atoms with E-state index >= 15 is 0 Å². The molecular weight excluding hydrogens is 238 g/mol. The number of nitrogens with zero attached hydrogens (tertiary/aromatic N) is 1. The van der Waals surface area contributed by atoms with Gasteiger partial charge >= 0.3 is 6.18 Å². The van der Waals surface area contributed by atoms with E-state index in [0.717, 1.165) is 12.1 Å². The standard InChI is InChI=1S/C11H9F4NO/c1-17-9-5-7-6(4-8(9)12)2-3-16-10(7)11(13,14)15/h4-5H,2-3H2,1H3. The minimum atomic E-state index is -4.53. The van der Waals surface area contributed by atoms with Crippen LogP contribution in [-0.4, -0.2) is 25.5 Å². The van der Waals surface area contributed by atoms with Crippen LogP contribution in [0.3, 0.4) is 0 Å². The van der Waals surface area contributed by atoms with E-state index in [4.69, 9.17) is 0 Å². The molecule has 1 aromatic carbocycles. The highest BCUT2D eigenvalue weighted by molar-refractivity contribution is 6.06. The number of alkyl halides is 3. The van der Waals surface area contributed by atoms with Crippen molar-refractivity contribution in [1.29, 1.82) is 0 Å². The van der Waals surface area contributed by atoms with Crippen LogP contribution in [-0.2, 0) is 6.42 Å². The largest absolute Gasteiger partial charge is 0.494 e. The number of fused-ring (bicyclic) bond motifs is 1. The Morgan fingerprint density at radius 3 is 2.59 bits per heavy atom. The normalized spacial score (nSPS) is 15.2. The van der Waals surface area contributed by atoms with Gasteiger partial charge in [-0.25, -0.2) is 4.39 Å². The Bertz CT molecular complexity index is 479. The van der Waals surface area contributed by atoms with E-state index in [1.807, 2.05) is 0 Å². The minimum Gasteiger partial charge on any atom is -0.494 e. The summed E-state index contributed by atoms with van der Waals surface area (Å²) in [5.74, 6) is -0.864. The molecule has 1 aliphatic rings. The van der Waals surface area contributed by atoms with Crippen LogP contribution >= 0.6 is 0 Å². The Balaban J connectivity index is 2.57. The monoisotopic (exact) mass is 247 g/mol. The number of methoxy groups -OCH3 is 1. The minimum absolute atomic E-state index is 0.0214. The number of benzene rings is 1. The number of aliphatic imine (C=N–C) groups is 1. The highest BCUT2D eigenvalue weighted by Gasteiger charge is 2.39. The summed E-state index contributed by atoms with van der Waals surface area (Å²) in [5.41, 5.74) is -0.746. The lowest BCUT2D eigenvalue weighted by molar-refractivity contribution is -0.0584. The number of hydrogen-bond donors (Lipinski definition) is 0. The van der Waals surface area contributed by atoms with E-state index < -0.39 is 17.7 Å². The summed E-state index contributed by atoms with van der Waals surface area (Å²) < 4.78 is 56.1. The lowest BCUT2D eigenvalue weighted by atomic mass is 9.96. The Kier molecular flexibility index (Phi) is 2.81. The van der Waals surface area contributed by atoms with E-state index in [-0.39, 0.29) is 17.9 Å². The molecule has 0 bridgehead atoms. The molecule has 0 aliphatic carbocycles. The zero-order valence-electron chi connectivity index (χ0n) is 8.94. The molecule has 2 nitrogen and oxygen atoms in total. The van der Waals surface area contributed by atoms with Crippen molar-refractivity contribution in [3.05, 3.63) is 29.1 Å². The van der Waals surface area contributed by atoms with Crippen molar-refractivity contribution in [1.82, 2.24) is 0 Å². The summed E-state index contributed by atoms with van der Waals surface area (Å²) in [5, 5.41) is 0. The lowest BCUT2D eigenvalue weighted by Gasteiger charge is -2.19. The van der Waals surface area contributed by atoms with Crippen LogP contribution in [0.5, 0.6) is 5.75 Å². The molecule has 0 unspecified atom stereocenters. The average molecular weight is 247 g/mol. The molecule has 0 fully saturated rings. The topological polar surface area (TPSA) is 21.6 Å². The average Bonchev–Trinajstić information content (AvgIpc) is 2.25. The Hall–Kier alpha value is -1.59. The fourth-order valence-electron chi connectivity index (χ4n) is 1.79. The molecule has 92 valence electrons. The van der Waals surface area contributed by atoms with Crippen molar-refractivity contribution >= 4 is 5.71 Å². The predicted octanol–water partition coefficient (Wildman–Crippen LogP) is 2.74. The van der Waals surface area contributed by atoms with Crippen molar-refractivity contribution in [3.8, 4) is 5.75 Å². The molecule has 2 rings (SSSR count). The molecule has 0 spiro atoms. The molecule has 0 saturated carbocycles. The Labute approximate surface area is 94.9 Å². The molecular formula is C11H9F4NO. The van der Waals surface area contributed by atoms with Gasteiger partial charge in [0.2, 0.25) is 0 Å². The van der Waals surface area contributed by atoms with E-state index in [1.165, 1.54) is 7.11 Å². The number of hydrogen-bond acceptors (Lipinski definition) is 2.